The second-order valence-electron chi connectivity index (χ2n) is 3.78. The number of aromatic nitrogens is 1. The van der Waals surface area contributed by atoms with E-state index in [4.69, 9.17) is 0 Å². The Morgan fingerprint density at radius 3 is 2.88 bits per heavy atom. The third-order valence-electron chi connectivity index (χ3n) is 2.47. The quantitative estimate of drug-likeness (QED) is 0.741. The Morgan fingerprint density at radius 1 is 1.19 bits per heavy atom. The van der Waals surface area contributed by atoms with Crippen molar-refractivity contribution in [3.05, 3.63) is 59.7 Å². The standard InChI is InChI=1S/C13H15FN2/c14-13-3-1-2-11(8-13)4-6-15-9-12-5-7-16-10-12/h1-3,5,7-8,10,15-16H,4,6,9H2. The molecule has 2 nitrogen and oxygen atoms in total. The van der Waals surface area contributed by atoms with Crippen LogP contribution in [0.2, 0.25) is 0 Å². The van der Waals surface area contributed by atoms with Crippen LogP contribution in [0.4, 0.5) is 4.39 Å². The summed E-state index contributed by atoms with van der Waals surface area (Å²) in [6.45, 7) is 1.70. The number of nitrogens with one attached hydrogen (secondary N) is 2. The van der Waals surface area contributed by atoms with Crippen LogP contribution < -0.4 is 5.32 Å². The third-order valence-corrected chi connectivity index (χ3v) is 2.47. The van der Waals surface area contributed by atoms with E-state index in [1.807, 2.05) is 24.5 Å². The Kier molecular flexibility index (Phi) is 3.72. The zero-order valence-corrected chi connectivity index (χ0v) is 9.04. The van der Waals surface area contributed by atoms with Crippen LogP contribution in [-0.2, 0) is 13.0 Å². The van der Waals surface area contributed by atoms with Crippen molar-refractivity contribution in [1.82, 2.24) is 10.3 Å². The molecular formula is C13H15FN2. The van der Waals surface area contributed by atoms with E-state index in [-0.39, 0.29) is 5.82 Å². The normalized spacial score (nSPS) is 10.6. The molecule has 0 saturated carbocycles. The fraction of sp³-hybridized carbons (Fsp3) is 0.231. The van der Waals surface area contributed by atoms with Crippen LogP contribution >= 0.6 is 0 Å². The maximum absolute atomic E-state index is 12.9. The van der Waals surface area contributed by atoms with Crippen molar-refractivity contribution >= 4 is 0 Å². The minimum absolute atomic E-state index is 0.164. The van der Waals surface area contributed by atoms with Crippen molar-refractivity contribution < 1.29 is 4.39 Å². The lowest BCUT2D eigenvalue weighted by Gasteiger charge is -2.03. The first-order chi connectivity index (χ1) is 7.84. The average Bonchev–Trinajstić information content (AvgIpc) is 2.77. The molecule has 1 heterocycles. The van der Waals surface area contributed by atoms with E-state index in [9.17, 15) is 4.39 Å². The van der Waals surface area contributed by atoms with E-state index in [0.717, 1.165) is 25.1 Å². The molecule has 2 aromatic rings. The molecule has 0 fully saturated rings. The molecule has 0 saturated heterocycles. The van der Waals surface area contributed by atoms with Crippen LogP contribution in [0.3, 0.4) is 0 Å². The monoisotopic (exact) mass is 218 g/mol. The molecule has 0 atom stereocenters. The van der Waals surface area contributed by atoms with Gasteiger partial charge < -0.3 is 10.3 Å². The zero-order chi connectivity index (χ0) is 11.2. The van der Waals surface area contributed by atoms with E-state index in [1.165, 1.54) is 11.6 Å². The minimum atomic E-state index is -0.164. The summed E-state index contributed by atoms with van der Waals surface area (Å²) in [6.07, 6.45) is 4.72. The van der Waals surface area contributed by atoms with Gasteiger partial charge in [0.2, 0.25) is 0 Å². The fourth-order valence-electron chi connectivity index (χ4n) is 1.63. The molecule has 1 aromatic heterocycles. The highest BCUT2D eigenvalue weighted by molar-refractivity contribution is 5.16. The second-order valence-corrected chi connectivity index (χ2v) is 3.78. The lowest BCUT2D eigenvalue weighted by atomic mass is 10.1. The van der Waals surface area contributed by atoms with Gasteiger partial charge in [0.25, 0.3) is 0 Å². The summed E-state index contributed by atoms with van der Waals surface area (Å²) in [5.41, 5.74) is 2.26. The first-order valence-corrected chi connectivity index (χ1v) is 5.41. The van der Waals surface area contributed by atoms with E-state index in [0.29, 0.717) is 0 Å². The highest BCUT2D eigenvalue weighted by Crippen LogP contribution is 2.03. The second kappa shape index (κ2) is 5.47. The van der Waals surface area contributed by atoms with E-state index in [2.05, 4.69) is 10.3 Å². The molecule has 0 spiro atoms. The Labute approximate surface area is 94.5 Å². The first-order valence-electron chi connectivity index (χ1n) is 5.41. The molecule has 0 bridgehead atoms. The molecule has 0 unspecified atom stereocenters. The molecule has 16 heavy (non-hydrogen) atoms. The summed E-state index contributed by atoms with van der Waals surface area (Å²) in [6, 6.07) is 8.78. The van der Waals surface area contributed by atoms with Gasteiger partial charge in [-0.25, -0.2) is 4.39 Å². The largest absolute Gasteiger partial charge is 0.367 e. The highest BCUT2D eigenvalue weighted by Gasteiger charge is 1.96. The molecule has 0 radical (unpaired) electrons. The van der Waals surface area contributed by atoms with Crippen LogP contribution in [0.1, 0.15) is 11.1 Å². The summed E-state index contributed by atoms with van der Waals surface area (Å²) in [4.78, 5) is 3.01. The molecule has 0 aliphatic heterocycles. The molecule has 1 aromatic carbocycles. The minimum Gasteiger partial charge on any atom is -0.367 e. The lowest BCUT2D eigenvalue weighted by Crippen LogP contribution is -2.16. The number of halogens is 1. The number of hydrogen-bond donors (Lipinski definition) is 2. The van der Waals surface area contributed by atoms with Crippen molar-refractivity contribution in [3.8, 4) is 0 Å². The SMILES string of the molecule is Fc1cccc(CCNCc2cc[nH]c2)c1. The molecule has 0 aliphatic rings. The Bertz CT molecular complexity index is 423. The number of benzene rings is 1. The number of rotatable bonds is 5. The van der Waals surface area contributed by atoms with Crippen LogP contribution in [0.5, 0.6) is 0 Å². The molecular weight excluding hydrogens is 203 g/mol. The van der Waals surface area contributed by atoms with E-state index in [1.54, 1.807) is 12.1 Å². The van der Waals surface area contributed by atoms with Crippen LogP contribution in [0.15, 0.2) is 42.7 Å². The summed E-state index contributed by atoms with van der Waals surface area (Å²) in [5.74, 6) is -0.164. The van der Waals surface area contributed by atoms with E-state index < -0.39 is 0 Å². The topological polar surface area (TPSA) is 27.8 Å². The number of hydrogen-bond acceptors (Lipinski definition) is 1. The summed E-state index contributed by atoms with van der Waals surface area (Å²) >= 11 is 0. The Balaban J connectivity index is 1.72. The summed E-state index contributed by atoms with van der Waals surface area (Å²) < 4.78 is 12.9. The number of H-pyrrole nitrogens is 1. The lowest BCUT2D eigenvalue weighted by molar-refractivity contribution is 0.622. The molecule has 2 N–H and O–H groups in total. The van der Waals surface area contributed by atoms with Gasteiger partial charge in [-0.2, -0.15) is 0 Å². The molecule has 84 valence electrons. The highest BCUT2D eigenvalue weighted by atomic mass is 19.1. The summed E-state index contributed by atoms with van der Waals surface area (Å²) in [5, 5.41) is 3.31. The van der Waals surface area contributed by atoms with Crippen molar-refractivity contribution in [1.29, 1.82) is 0 Å². The third kappa shape index (κ3) is 3.21. The van der Waals surface area contributed by atoms with E-state index >= 15 is 0 Å². The maximum Gasteiger partial charge on any atom is 0.123 e. The predicted octanol–water partition coefficient (Wildman–Crippen LogP) is 2.49. The first kappa shape index (κ1) is 10.9. The van der Waals surface area contributed by atoms with Gasteiger partial charge in [0.1, 0.15) is 5.82 Å². The van der Waals surface area contributed by atoms with Gasteiger partial charge >= 0.3 is 0 Å². The van der Waals surface area contributed by atoms with Gasteiger partial charge in [0.05, 0.1) is 0 Å². The Morgan fingerprint density at radius 2 is 2.12 bits per heavy atom. The Hall–Kier alpha value is -1.61. The average molecular weight is 218 g/mol. The molecule has 0 aliphatic carbocycles. The zero-order valence-electron chi connectivity index (χ0n) is 9.04. The predicted molar refractivity (Wildman–Crippen MR) is 62.6 cm³/mol. The van der Waals surface area contributed by atoms with Crippen molar-refractivity contribution in [2.75, 3.05) is 6.54 Å². The number of aromatic amines is 1. The summed E-state index contributed by atoms with van der Waals surface area (Å²) in [7, 11) is 0. The molecule has 0 amide bonds. The fourth-order valence-corrected chi connectivity index (χ4v) is 1.63. The van der Waals surface area contributed by atoms with Gasteiger partial charge in [-0.1, -0.05) is 12.1 Å². The smallest absolute Gasteiger partial charge is 0.123 e. The van der Waals surface area contributed by atoms with Crippen LogP contribution in [0, 0.1) is 5.82 Å². The van der Waals surface area contributed by atoms with Gasteiger partial charge in [-0.05, 0) is 42.3 Å². The maximum atomic E-state index is 12.9. The van der Waals surface area contributed by atoms with Crippen LogP contribution in [0.25, 0.3) is 0 Å². The van der Waals surface area contributed by atoms with Crippen molar-refractivity contribution in [3.63, 3.8) is 0 Å². The molecule has 3 heteroatoms. The van der Waals surface area contributed by atoms with Gasteiger partial charge in [0, 0.05) is 18.9 Å². The van der Waals surface area contributed by atoms with Crippen molar-refractivity contribution in [2.45, 2.75) is 13.0 Å². The molecule has 2 rings (SSSR count). The van der Waals surface area contributed by atoms with Gasteiger partial charge in [-0.3, -0.25) is 0 Å². The van der Waals surface area contributed by atoms with Gasteiger partial charge in [-0.15, -0.1) is 0 Å². The van der Waals surface area contributed by atoms with Crippen molar-refractivity contribution in [2.24, 2.45) is 0 Å². The van der Waals surface area contributed by atoms with Gasteiger partial charge in [0.15, 0.2) is 0 Å². The van der Waals surface area contributed by atoms with Crippen LogP contribution in [-0.4, -0.2) is 11.5 Å².